The van der Waals surface area contributed by atoms with Crippen molar-refractivity contribution in [3.05, 3.63) is 30.3 Å². The lowest BCUT2D eigenvalue weighted by atomic mass is 9.92. The number of halogens is 1. The fourth-order valence-corrected chi connectivity index (χ4v) is 4.30. The van der Waals surface area contributed by atoms with Crippen LogP contribution in [0.15, 0.2) is 35.2 Å². The van der Waals surface area contributed by atoms with Gasteiger partial charge in [-0.3, -0.25) is 0 Å². The van der Waals surface area contributed by atoms with E-state index in [0.717, 1.165) is 25.7 Å². The zero-order valence-electron chi connectivity index (χ0n) is 14.8. The molecule has 0 aliphatic carbocycles. The van der Waals surface area contributed by atoms with Crippen LogP contribution in [-0.4, -0.2) is 31.0 Å². The van der Waals surface area contributed by atoms with Gasteiger partial charge in [0.1, 0.15) is 0 Å². The molecule has 1 rings (SSSR count). The van der Waals surface area contributed by atoms with Crippen LogP contribution in [0.5, 0.6) is 0 Å². The van der Waals surface area contributed by atoms with E-state index in [-0.39, 0.29) is 10.8 Å². The lowest BCUT2D eigenvalue weighted by Crippen LogP contribution is -2.50. The second-order valence-electron chi connectivity index (χ2n) is 6.35. The van der Waals surface area contributed by atoms with E-state index in [0.29, 0.717) is 6.42 Å². The highest BCUT2D eigenvalue weighted by atomic mass is 35.5. The fourth-order valence-electron chi connectivity index (χ4n) is 2.61. The summed E-state index contributed by atoms with van der Waals surface area (Å²) in [4.78, 5) is 0.197. The third-order valence-electron chi connectivity index (χ3n) is 4.42. The van der Waals surface area contributed by atoms with Gasteiger partial charge < -0.3 is 5.11 Å². The molecule has 0 aliphatic heterocycles. The number of aliphatic hydroxyl groups excluding tert-OH is 1. The van der Waals surface area contributed by atoms with E-state index in [1.54, 1.807) is 30.3 Å². The first-order chi connectivity index (χ1) is 11.3. The van der Waals surface area contributed by atoms with Gasteiger partial charge in [0.25, 0.3) is 0 Å². The number of rotatable bonds is 11. The molecule has 0 aromatic heterocycles. The highest BCUT2D eigenvalue weighted by Gasteiger charge is 2.33. The average Bonchev–Trinajstić information content (AvgIpc) is 2.59. The third kappa shape index (κ3) is 6.36. The van der Waals surface area contributed by atoms with Crippen molar-refractivity contribution in [3.63, 3.8) is 0 Å². The van der Waals surface area contributed by atoms with Gasteiger partial charge in [-0.05, 0) is 24.5 Å². The van der Waals surface area contributed by atoms with Gasteiger partial charge in [0.15, 0.2) is 0 Å². The lowest BCUT2D eigenvalue weighted by Gasteiger charge is -2.31. The van der Waals surface area contributed by atoms with Gasteiger partial charge in [-0.1, -0.05) is 64.7 Å². The van der Waals surface area contributed by atoms with Crippen molar-refractivity contribution in [1.82, 2.24) is 4.72 Å². The van der Waals surface area contributed by atoms with Crippen molar-refractivity contribution in [2.24, 2.45) is 5.92 Å². The van der Waals surface area contributed by atoms with Crippen molar-refractivity contribution in [1.29, 1.82) is 0 Å². The number of aliphatic hydroxyl groups is 1. The molecular formula is C18H30ClNO3S. The van der Waals surface area contributed by atoms with Gasteiger partial charge in [-0.25, -0.2) is 13.1 Å². The zero-order chi connectivity index (χ0) is 18.2. The number of hydrogen-bond donors (Lipinski definition) is 2. The first kappa shape index (κ1) is 21.4. The number of hydrogen-bond acceptors (Lipinski definition) is 3. The largest absolute Gasteiger partial charge is 0.390 e. The summed E-state index contributed by atoms with van der Waals surface area (Å²) in [6.07, 6.45) is 3.57. The molecule has 0 saturated heterocycles. The Labute approximate surface area is 151 Å². The Bertz CT molecular complexity index is 565. The molecule has 4 nitrogen and oxygen atoms in total. The molecule has 0 saturated carbocycles. The van der Waals surface area contributed by atoms with E-state index in [4.69, 9.17) is 11.6 Å². The van der Waals surface area contributed by atoms with Crippen molar-refractivity contribution in [3.8, 4) is 0 Å². The average molecular weight is 376 g/mol. The quantitative estimate of drug-likeness (QED) is 0.455. The molecule has 0 spiro atoms. The van der Waals surface area contributed by atoms with E-state index in [2.05, 4.69) is 11.6 Å². The molecule has 4 atom stereocenters. The van der Waals surface area contributed by atoms with Gasteiger partial charge >= 0.3 is 0 Å². The van der Waals surface area contributed by atoms with Crippen LogP contribution >= 0.6 is 11.6 Å². The van der Waals surface area contributed by atoms with Gasteiger partial charge in [0, 0.05) is 0 Å². The van der Waals surface area contributed by atoms with Crippen molar-refractivity contribution in [2.75, 3.05) is 0 Å². The fraction of sp³-hybridized carbons (Fsp3) is 0.667. The predicted molar refractivity (Wildman–Crippen MR) is 99.8 cm³/mol. The van der Waals surface area contributed by atoms with Crippen LogP contribution in [0.1, 0.15) is 52.9 Å². The number of benzene rings is 1. The normalized spacial score (nSPS) is 17.2. The van der Waals surface area contributed by atoms with E-state index in [1.807, 2.05) is 13.8 Å². The molecule has 6 heteroatoms. The lowest BCUT2D eigenvalue weighted by molar-refractivity contribution is 0.103. The summed E-state index contributed by atoms with van der Waals surface area (Å²) in [5, 5.41) is 10.2. The minimum Gasteiger partial charge on any atom is -0.390 e. The summed E-state index contributed by atoms with van der Waals surface area (Å²) < 4.78 is 27.8. The molecule has 0 bridgehead atoms. The summed E-state index contributed by atoms with van der Waals surface area (Å²) in [5.74, 6) is -0.0223. The monoisotopic (exact) mass is 375 g/mol. The predicted octanol–water partition coefficient (Wildman–Crippen LogP) is 3.93. The Morgan fingerprint density at radius 3 is 2.33 bits per heavy atom. The first-order valence-corrected chi connectivity index (χ1v) is 10.6. The molecular weight excluding hydrogens is 346 g/mol. The number of nitrogens with one attached hydrogen (secondary N) is 1. The molecule has 1 aromatic rings. The molecule has 1 aromatic carbocycles. The van der Waals surface area contributed by atoms with E-state index in [1.165, 1.54) is 0 Å². The van der Waals surface area contributed by atoms with E-state index in [9.17, 15) is 13.5 Å². The summed E-state index contributed by atoms with van der Waals surface area (Å²) in [7, 11) is -3.69. The zero-order valence-corrected chi connectivity index (χ0v) is 16.4. The number of unbranched alkanes of at least 4 members (excludes halogenated alkanes) is 2. The molecule has 1 unspecified atom stereocenters. The Balaban J connectivity index is 2.89. The molecule has 0 radical (unpaired) electrons. The van der Waals surface area contributed by atoms with Crippen LogP contribution in [0.25, 0.3) is 0 Å². The van der Waals surface area contributed by atoms with Gasteiger partial charge in [0.05, 0.1) is 22.4 Å². The van der Waals surface area contributed by atoms with Gasteiger partial charge in [-0.15, -0.1) is 11.6 Å². The van der Waals surface area contributed by atoms with Gasteiger partial charge in [-0.2, -0.15) is 0 Å². The number of alkyl halides is 1. The van der Waals surface area contributed by atoms with E-state index < -0.39 is 27.5 Å². The van der Waals surface area contributed by atoms with E-state index >= 15 is 0 Å². The van der Waals surface area contributed by atoms with Crippen LogP contribution in [-0.2, 0) is 10.0 Å². The van der Waals surface area contributed by atoms with Crippen molar-refractivity contribution in [2.45, 2.75) is 75.3 Å². The van der Waals surface area contributed by atoms with Gasteiger partial charge in [0.2, 0.25) is 10.0 Å². The van der Waals surface area contributed by atoms with Crippen LogP contribution in [0.2, 0.25) is 0 Å². The molecule has 138 valence electrons. The summed E-state index contributed by atoms with van der Waals surface area (Å²) in [6, 6.07) is 7.60. The minimum atomic E-state index is -3.69. The van der Waals surface area contributed by atoms with Crippen LogP contribution in [0.3, 0.4) is 0 Å². The maximum absolute atomic E-state index is 12.6. The maximum Gasteiger partial charge on any atom is 0.240 e. The molecule has 0 aliphatic rings. The van der Waals surface area contributed by atoms with Crippen LogP contribution < -0.4 is 4.72 Å². The summed E-state index contributed by atoms with van der Waals surface area (Å²) in [6.45, 7) is 6.01. The Kier molecular flexibility index (Phi) is 9.27. The highest BCUT2D eigenvalue weighted by Crippen LogP contribution is 2.22. The minimum absolute atomic E-state index is 0.0223. The molecule has 0 heterocycles. The van der Waals surface area contributed by atoms with Crippen molar-refractivity contribution >= 4 is 21.6 Å². The second-order valence-corrected chi connectivity index (χ2v) is 8.62. The molecule has 2 N–H and O–H groups in total. The standard InChI is InChI=1S/C18H30ClNO3S/c1-4-6-8-13-16(19)18(21)17(14(3)5-2)20-24(22,23)15-11-9-7-10-12-15/h7,9-12,14,16-18,20-21H,4-6,8,13H2,1-3H3/t14-,16?,17-,18+/m0/s1. The third-order valence-corrected chi connectivity index (χ3v) is 6.38. The smallest absolute Gasteiger partial charge is 0.240 e. The highest BCUT2D eigenvalue weighted by molar-refractivity contribution is 7.89. The SMILES string of the molecule is CCCCCC(Cl)[C@@H](O)[C@@H](NS(=O)(=O)c1ccccc1)[C@@H](C)CC. The Morgan fingerprint density at radius 2 is 1.79 bits per heavy atom. The maximum atomic E-state index is 12.6. The number of sulfonamides is 1. The first-order valence-electron chi connectivity index (χ1n) is 8.73. The molecule has 0 fully saturated rings. The van der Waals surface area contributed by atoms with Crippen LogP contribution in [0, 0.1) is 5.92 Å². The Morgan fingerprint density at radius 1 is 1.17 bits per heavy atom. The Hall–Kier alpha value is -0.620. The molecule has 24 heavy (non-hydrogen) atoms. The topological polar surface area (TPSA) is 66.4 Å². The van der Waals surface area contributed by atoms with Crippen LogP contribution in [0.4, 0.5) is 0 Å². The summed E-state index contributed by atoms with van der Waals surface area (Å²) >= 11 is 6.35. The van der Waals surface area contributed by atoms with Crippen molar-refractivity contribution < 1.29 is 13.5 Å². The second kappa shape index (κ2) is 10.4. The molecule has 0 amide bonds. The summed E-state index contributed by atoms with van der Waals surface area (Å²) in [5.41, 5.74) is 0.